The number of likely N-dealkylation sites (tertiary alicyclic amines) is 1. The number of nitrogens with one attached hydrogen (secondary N) is 1. The van der Waals surface area contributed by atoms with Gasteiger partial charge in [0, 0.05) is 25.6 Å². The van der Waals surface area contributed by atoms with E-state index in [0.29, 0.717) is 13.1 Å². The van der Waals surface area contributed by atoms with E-state index in [-0.39, 0.29) is 17.9 Å². The number of hydrogen-bond acceptors (Lipinski definition) is 5. The van der Waals surface area contributed by atoms with Crippen molar-refractivity contribution in [3.8, 4) is 0 Å². The van der Waals surface area contributed by atoms with Gasteiger partial charge in [-0.1, -0.05) is 19.1 Å². The van der Waals surface area contributed by atoms with Crippen LogP contribution in [0.5, 0.6) is 0 Å². The second-order valence-electron chi connectivity index (χ2n) is 6.23. The molecule has 0 radical (unpaired) electrons. The summed E-state index contributed by atoms with van der Waals surface area (Å²) in [6, 6.07) is 8.11. The van der Waals surface area contributed by atoms with E-state index in [9.17, 15) is 9.90 Å². The second-order valence-corrected chi connectivity index (χ2v) is 7.29. The lowest BCUT2D eigenvalue weighted by molar-refractivity contribution is -0.122. The summed E-state index contributed by atoms with van der Waals surface area (Å²) in [6.45, 7) is 4.70. The third-order valence-electron chi connectivity index (χ3n) is 4.26. The molecule has 0 bridgehead atoms. The molecule has 1 saturated heterocycles. The molecule has 5 nitrogen and oxygen atoms in total. The van der Waals surface area contributed by atoms with Gasteiger partial charge in [-0.15, -0.1) is 11.3 Å². The number of fused-ring (bicyclic) bond motifs is 1. The summed E-state index contributed by atoms with van der Waals surface area (Å²) in [5, 5.41) is 13.6. The third-order valence-corrected chi connectivity index (χ3v) is 5.53. The number of amides is 1. The normalized spacial score (nSPS) is 18.2. The highest BCUT2D eigenvalue weighted by atomic mass is 32.1. The van der Waals surface area contributed by atoms with Crippen LogP contribution in [0.1, 0.15) is 30.7 Å². The standard InChI is InChI=1S/C17H23N3O2S/c1-12(17-19-14-4-2-3-5-15(14)23-17)10-18-16(22)11-20-8-6-13(21)7-9-20/h2-5,12-13,21H,6-11H2,1H3,(H,18,22)/t12-/m1/s1. The number of carbonyl (C=O) groups excluding carboxylic acids is 1. The maximum absolute atomic E-state index is 12.1. The van der Waals surface area contributed by atoms with Crippen LogP contribution in [0.15, 0.2) is 24.3 Å². The fourth-order valence-corrected chi connectivity index (χ4v) is 3.81. The Balaban J connectivity index is 1.48. The van der Waals surface area contributed by atoms with Crippen LogP contribution in [0.2, 0.25) is 0 Å². The highest BCUT2D eigenvalue weighted by Gasteiger charge is 2.19. The number of thiazole rings is 1. The van der Waals surface area contributed by atoms with Crippen molar-refractivity contribution < 1.29 is 9.90 Å². The van der Waals surface area contributed by atoms with Gasteiger partial charge in [0.15, 0.2) is 0 Å². The summed E-state index contributed by atoms with van der Waals surface area (Å²) in [5.41, 5.74) is 1.03. The summed E-state index contributed by atoms with van der Waals surface area (Å²) >= 11 is 1.69. The number of benzene rings is 1. The third kappa shape index (κ3) is 4.28. The first kappa shape index (κ1) is 16.4. The second kappa shape index (κ2) is 7.38. The van der Waals surface area contributed by atoms with Crippen LogP contribution in [0.4, 0.5) is 0 Å². The Morgan fingerprint density at radius 2 is 2.17 bits per heavy atom. The molecule has 1 fully saturated rings. The van der Waals surface area contributed by atoms with Gasteiger partial charge in [0.05, 0.1) is 27.9 Å². The zero-order chi connectivity index (χ0) is 16.2. The molecule has 2 heterocycles. The van der Waals surface area contributed by atoms with Crippen molar-refractivity contribution in [2.45, 2.75) is 31.8 Å². The molecule has 0 unspecified atom stereocenters. The molecule has 2 N–H and O–H groups in total. The smallest absolute Gasteiger partial charge is 0.234 e. The molecule has 1 amide bonds. The molecule has 2 aromatic rings. The predicted molar refractivity (Wildman–Crippen MR) is 92.7 cm³/mol. The maximum Gasteiger partial charge on any atom is 0.234 e. The minimum Gasteiger partial charge on any atom is -0.393 e. The first-order valence-electron chi connectivity index (χ1n) is 8.14. The van der Waals surface area contributed by atoms with Crippen molar-refractivity contribution in [1.82, 2.24) is 15.2 Å². The van der Waals surface area contributed by atoms with Crippen LogP contribution in [0.25, 0.3) is 10.2 Å². The number of carbonyl (C=O) groups is 1. The molecule has 6 heteroatoms. The summed E-state index contributed by atoms with van der Waals surface area (Å²) in [5.74, 6) is 0.258. The lowest BCUT2D eigenvalue weighted by Crippen LogP contribution is -2.43. The molecule has 1 aliphatic heterocycles. The van der Waals surface area contributed by atoms with Gasteiger partial charge in [-0.05, 0) is 25.0 Å². The molecule has 23 heavy (non-hydrogen) atoms. The van der Waals surface area contributed by atoms with E-state index in [1.807, 2.05) is 18.2 Å². The topological polar surface area (TPSA) is 65.5 Å². The van der Waals surface area contributed by atoms with Crippen molar-refractivity contribution in [2.24, 2.45) is 0 Å². The van der Waals surface area contributed by atoms with Crippen LogP contribution in [0, 0.1) is 0 Å². The average Bonchev–Trinajstić information content (AvgIpc) is 2.99. The van der Waals surface area contributed by atoms with E-state index in [4.69, 9.17) is 0 Å². The summed E-state index contributed by atoms with van der Waals surface area (Å²) in [6.07, 6.45) is 1.32. The maximum atomic E-state index is 12.1. The van der Waals surface area contributed by atoms with E-state index in [1.54, 1.807) is 11.3 Å². The van der Waals surface area contributed by atoms with Gasteiger partial charge in [0.25, 0.3) is 0 Å². The first-order chi connectivity index (χ1) is 11.1. The lowest BCUT2D eigenvalue weighted by atomic mass is 10.1. The summed E-state index contributed by atoms with van der Waals surface area (Å²) in [7, 11) is 0. The number of piperidine rings is 1. The molecule has 0 spiro atoms. The minimum atomic E-state index is -0.201. The van der Waals surface area contributed by atoms with Gasteiger partial charge >= 0.3 is 0 Å². The zero-order valence-corrected chi connectivity index (χ0v) is 14.2. The predicted octanol–water partition coefficient (Wildman–Crippen LogP) is 1.97. The fraction of sp³-hybridized carbons (Fsp3) is 0.529. The summed E-state index contributed by atoms with van der Waals surface area (Å²) in [4.78, 5) is 18.8. The van der Waals surface area contributed by atoms with E-state index >= 15 is 0 Å². The highest BCUT2D eigenvalue weighted by molar-refractivity contribution is 7.18. The Kier molecular flexibility index (Phi) is 5.25. The van der Waals surface area contributed by atoms with Gasteiger partial charge < -0.3 is 10.4 Å². The molecule has 1 aromatic heterocycles. The molecule has 1 atom stereocenters. The van der Waals surface area contributed by atoms with Gasteiger partial charge in [-0.2, -0.15) is 0 Å². The number of rotatable bonds is 5. The van der Waals surface area contributed by atoms with E-state index < -0.39 is 0 Å². The Morgan fingerprint density at radius 3 is 2.91 bits per heavy atom. The minimum absolute atomic E-state index is 0.0503. The van der Waals surface area contributed by atoms with Crippen molar-refractivity contribution in [3.05, 3.63) is 29.3 Å². The van der Waals surface area contributed by atoms with Crippen LogP contribution >= 0.6 is 11.3 Å². The molecule has 0 aliphatic carbocycles. The van der Waals surface area contributed by atoms with Crippen molar-refractivity contribution in [3.63, 3.8) is 0 Å². The number of aliphatic hydroxyl groups excluding tert-OH is 1. The molecular weight excluding hydrogens is 310 g/mol. The average molecular weight is 333 g/mol. The SMILES string of the molecule is C[C@H](CNC(=O)CN1CCC(O)CC1)c1nc2ccccc2s1. The number of aromatic nitrogens is 1. The summed E-state index contributed by atoms with van der Waals surface area (Å²) < 4.78 is 1.19. The Labute approximate surface area is 140 Å². The molecule has 1 aliphatic rings. The largest absolute Gasteiger partial charge is 0.393 e. The fourth-order valence-electron chi connectivity index (χ4n) is 2.79. The molecule has 1 aromatic carbocycles. The number of para-hydroxylation sites is 1. The van der Waals surface area contributed by atoms with Crippen molar-refractivity contribution in [2.75, 3.05) is 26.2 Å². The molecule has 0 saturated carbocycles. The number of aliphatic hydroxyl groups is 1. The van der Waals surface area contributed by atoms with Gasteiger partial charge in [0.1, 0.15) is 0 Å². The Morgan fingerprint density at radius 1 is 1.43 bits per heavy atom. The quantitative estimate of drug-likeness (QED) is 0.878. The van der Waals surface area contributed by atoms with E-state index in [0.717, 1.165) is 36.5 Å². The van der Waals surface area contributed by atoms with Crippen LogP contribution in [-0.2, 0) is 4.79 Å². The van der Waals surface area contributed by atoms with Crippen molar-refractivity contribution >= 4 is 27.5 Å². The van der Waals surface area contributed by atoms with Gasteiger partial charge in [-0.3, -0.25) is 9.69 Å². The molecule has 3 rings (SSSR count). The van der Waals surface area contributed by atoms with E-state index in [1.165, 1.54) is 4.70 Å². The van der Waals surface area contributed by atoms with Gasteiger partial charge in [-0.25, -0.2) is 4.98 Å². The zero-order valence-electron chi connectivity index (χ0n) is 13.4. The Bertz CT molecular complexity index is 632. The number of hydrogen-bond donors (Lipinski definition) is 2. The van der Waals surface area contributed by atoms with Crippen LogP contribution in [0.3, 0.4) is 0 Å². The molecular formula is C17H23N3O2S. The van der Waals surface area contributed by atoms with Crippen LogP contribution in [-0.4, -0.2) is 53.2 Å². The molecule has 124 valence electrons. The van der Waals surface area contributed by atoms with Crippen LogP contribution < -0.4 is 5.32 Å². The monoisotopic (exact) mass is 333 g/mol. The Hall–Kier alpha value is -1.50. The van der Waals surface area contributed by atoms with Gasteiger partial charge in [0.2, 0.25) is 5.91 Å². The number of nitrogens with zero attached hydrogens (tertiary/aromatic N) is 2. The highest BCUT2D eigenvalue weighted by Crippen LogP contribution is 2.26. The van der Waals surface area contributed by atoms with Crippen molar-refractivity contribution in [1.29, 1.82) is 0 Å². The lowest BCUT2D eigenvalue weighted by Gasteiger charge is -2.28. The first-order valence-corrected chi connectivity index (χ1v) is 8.96. The van der Waals surface area contributed by atoms with E-state index in [2.05, 4.69) is 28.2 Å².